The van der Waals surface area contributed by atoms with Gasteiger partial charge in [0.2, 0.25) is 5.91 Å². The van der Waals surface area contributed by atoms with Gasteiger partial charge in [-0.05, 0) is 62.2 Å². The molecule has 36 heavy (non-hydrogen) atoms. The molecule has 0 aliphatic rings. The van der Waals surface area contributed by atoms with E-state index in [-0.39, 0.29) is 29.4 Å². The van der Waals surface area contributed by atoms with Crippen LogP contribution >= 0.6 is 0 Å². The van der Waals surface area contributed by atoms with Gasteiger partial charge in [0.15, 0.2) is 0 Å². The van der Waals surface area contributed by atoms with E-state index in [2.05, 4.69) is 34.7 Å². The predicted molar refractivity (Wildman–Crippen MR) is 143 cm³/mol. The molecule has 0 aliphatic heterocycles. The van der Waals surface area contributed by atoms with Crippen LogP contribution < -0.4 is 21.7 Å². The first kappa shape index (κ1) is 29.1. The number of benzene rings is 2. The van der Waals surface area contributed by atoms with E-state index < -0.39 is 12.1 Å². The normalized spacial score (nSPS) is 12.4. The van der Waals surface area contributed by atoms with Crippen molar-refractivity contribution in [3.63, 3.8) is 0 Å². The third-order valence-electron chi connectivity index (χ3n) is 6.08. The number of carbonyl (C=O) groups excluding carboxylic acids is 2. The Morgan fingerprint density at radius 2 is 1.78 bits per heavy atom. The van der Waals surface area contributed by atoms with E-state index in [9.17, 15) is 19.8 Å². The van der Waals surface area contributed by atoms with Gasteiger partial charge in [0.1, 0.15) is 5.75 Å². The minimum atomic E-state index is -0.857. The number of β-amino-alcohol motifs (C(OH)–C–C–N with tert-alkyl or cyclic N) is 1. The number of rotatable bonds is 14. The van der Waals surface area contributed by atoms with Crippen molar-refractivity contribution in [3.8, 4) is 5.75 Å². The Morgan fingerprint density at radius 3 is 2.44 bits per heavy atom. The number of likely N-dealkylation sites (N-methyl/N-ethyl adjacent to an activating group) is 1. The number of carbonyl (C=O) groups is 2. The molecular formula is C27H41N5O4. The lowest BCUT2D eigenvalue weighted by molar-refractivity contribution is -0.120. The molecule has 0 bridgehead atoms. The van der Waals surface area contributed by atoms with Gasteiger partial charge in [-0.2, -0.15) is 0 Å². The van der Waals surface area contributed by atoms with Crippen LogP contribution in [0.15, 0.2) is 42.5 Å². The Balaban J connectivity index is 1.90. The van der Waals surface area contributed by atoms with Crippen LogP contribution in [0.4, 0.5) is 10.5 Å². The number of urea groups is 1. The summed E-state index contributed by atoms with van der Waals surface area (Å²) in [6.07, 6.45) is 0.173. The highest BCUT2D eigenvalue weighted by atomic mass is 16.3. The Labute approximate surface area is 214 Å². The number of aliphatic hydroxyl groups is 1. The van der Waals surface area contributed by atoms with E-state index in [0.717, 1.165) is 30.8 Å². The number of nitrogens with zero attached hydrogens (tertiary/aromatic N) is 1. The van der Waals surface area contributed by atoms with E-state index in [1.807, 2.05) is 38.1 Å². The second-order valence-electron chi connectivity index (χ2n) is 9.60. The predicted octanol–water partition coefficient (Wildman–Crippen LogP) is 2.53. The highest BCUT2D eigenvalue weighted by Gasteiger charge is 2.21. The van der Waals surface area contributed by atoms with Gasteiger partial charge in [0.25, 0.3) is 0 Å². The van der Waals surface area contributed by atoms with Crippen molar-refractivity contribution in [2.75, 3.05) is 38.0 Å². The van der Waals surface area contributed by atoms with E-state index in [4.69, 9.17) is 5.73 Å². The quantitative estimate of drug-likeness (QED) is 0.221. The number of primary amides is 1. The monoisotopic (exact) mass is 499 g/mol. The van der Waals surface area contributed by atoms with E-state index in [1.54, 1.807) is 6.07 Å². The van der Waals surface area contributed by atoms with Gasteiger partial charge in [-0.3, -0.25) is 4.79 Å². The molecule has 0 saturated heterocycles. The molecule has 1 atom stereocenters. The molecule has 198 valence electrons. The van der Waals surface area contributed by atoms with Crippen molar-refractivity contribution in [2.45, 2.75) is 52.2 Å². The average Bonchev–Trinajstić information content (AvgIpc) is 2.81. The molecule has 0 spiro atoms. The Bertz CT molecular complexity index is 1010. The molecule has 0 saturated carbocycles. The molecule has 0 radical (unpaired) electrons. The van der Waals surface area contributed by atoms with Gasteiger partial charge in [-0.25, -0.2) is 4.79 Å². The van der Waals surface area contributed by atoms with Crippen LogP contribution in [-0.2, 0) is 17.6 Å². The molecule has 2 aromatic carbocycles. The molecule has 7 N–H and O–H groups in total. The smallest absolute Gasteiger partial charge is 0.316 e. The van der Waals surface area contributed by atoms with Crippen LogP contribution in [-0.4, -0.2) is 65.3 Å². The van der Waals surface area contributed by atoms with E-state index in [1.165, 1.54) is 12.1 Å². The Hall–Kier alpha value is -3.14. The summed E-state index contributed by atoms with van der Waals surface area (Å²) in [5, 5.41) is 29.2. The maximum Gasteiger partial charge on any atom is 0.316 e. The average molecular weight is 500 g/mol. The number of amides is 3. The third kappa shape index (κ3) is 9.85. The molecule has 0 fully saturated rings. The van der Waals surface area contributed by atoms with Crippen LogP contribution in [0.25, 0.3) is 0 Å². The first-order valence-corrected chi connectivity index (χ1v) is 12.4. The second-order valence-corrected chi connectivity index (χ2v) is 9.60. The first-order chi connectivity index (χ1) is 17.0. The lowest BCUT2D eigenvalue weighted by Gasteiger charge is -2.28. The van der Waals surface area contributed by atoms with Crippen molar-refractivity contribution in [2.24, 2.45) is 5.73 Å². The SMILES string of the molecule is CCN(CC)CCNC(=O)Cc1cccc(CC(C)(C)NC[C@H](O)c2ccc(O)c(NC(N)=O)c2)c1. The van der Waals surface area contributed by atoms with Gasteiger partial charge in [0.05, 0.1) is 18.2 Å². The zero-order chi connectivity index (χ0) is 26.7. The zero-order valence-corrected chi connectivity index (χ0v) is 21.8. The van der Waals surface area contributed by atoms with Gasteiger partial charge in [-0.1, -0.05) is 44.2 Å². The van der Waals surface area contributed by atoms with Crippen LogP contribution in [0.1, 0.15) is 50.5 Å². The number of hydrogen-bond acceptors (Lipinski definition) is 6. The number of phenols is 1. The van der Waals surface area contributed by atoms with E-state index >= 15 is 0 Å². The van der Waals surface area contributed by atoms with Gasteiger partial charge in [-0.15, -0.1) is 0 Å². The first-order valence-electron chi connectivity index (χ1n) is 12.4. The highest BCUT2D eigenvalue weighted by Crippen LogP contribution is 2.27. The second kappa shape index (κ2) is 13.8. The summed E-state index contributed by atoms with van der Waals surface area (Å²) in [5.74, 6) is -0.116. The Kier molecular flexibility index (Phi) is 11.2. The largest absolute Gasteiger partial charge is 0.506 e. The number of nitrogens with one attached hydrogen (secondary N) is 3. The molecular weight excluding hydrogens is 458 g/mol. The zero-order valence-electron chi connectivity index (χ0n) is 21.8. The summed E-state index contributed by atoms with van der Waals surface area (Å²) in [4.78, 5) is 25.7. The fraction of sp³-hybridized carbons (Fsp3) is 0.481. The lowest BCUT2D eigenvalue weighted by Crippen LogP contribution is -2.43. The minimum Gasteiger partial charge on any atom is -0.506 e. The maximum atomic E-state index is 12.4. The fourth-order valence-electron chi connectivity index (χ4n) is 4.05. The number of anilines is 1. The molecule has 0 unspecified atom stereocenters. The van der Waals surface area contributed by atoms with Gasteiger partial charge in [0, 0.05) is 25.2 Å². The summed E-state index contributed by atoms with van der Waals surface area (Å²) >= 11 is 0. The van der Waals surface area contributed by atoms with Crippen molar-refractivity contribution in [3.05, 3.63) is 59.2 Å². The van der Waals surface area contributed by atoms with Gasteiger partial charge >= 0.3 is 6.03 Å². The molecule has 0 aliphatic carbocycles. The molecule has 9 heteroatoms. The summed E-state index contributed by atoms with van der Waals surface area (Å²) in [7, 11) is 0. The van der Waals surface area contributed by atoms with Crippen molar-refractivity contribution >= 4 is 17.6 Å². The van der Waals surface area contributed by atoms with Crippen molar-refractivity contribution in [1.29, 1.82) is 0 Å². The van der Waals surface area contributed by atoms with Crippen LogP contribution in [0, 0.1) is 0 Å². The van der Waals surface area contributed by atoms with Crippen LogP contribution in [0.5, 0.6) is 5.75 Å². The van der Waals surface area contributed by atoms with Crippen molar-refractivity contribution in [1.82, 2.24) is 15.5 Å². The topological polar surface area (TPSA) is 140 Å². The number of aliphatic hydroxyl groups excluding tert-OH is 1. The lowest BCUT2D eigenvalue weighted by atomic mass is 9.93. The molecule has 2 aromatic rings. The van der Waals surface area contributed by atoms with E-state index in [0.29, 0.717) is 24.9 Å². The number of phenolic OH excluding ortho intramolecular Hbond substituents is 1. The molecule has 9 nitrogen and oxygen atoms in total. The minimum absolute atomic E-state index is 0.0129. The van der Waals surface area contributed by atoms with Gasteiger partial charge < -0.3 is 36.8 Å². The fourth-order valence-corrected chi connectivity index (χ4v) is 4.05. The molecule has 2 rings (SSSR count). The standard InChI is InChI=1S/C27H41N5O4/c1-5-32(6-2)13-12-29-25(35)15-19-8-7-9-20(14-19)17-27(3,4)30-18-24(34)21-10-11-23(33)22(16-21)31-26(28)36/h7-11,14,16,24,30,33-34H,5-6,12-13,15,17-18H2,1-4H3,(H,29,35)(H3,28,31,36)/t24-/m0/s1. The summed E-state index contributed by atoms with van der Waals surface area (Å²) < 4.78 is 0. The number of aromatic hydroxyl groups is 1. The third-order valence-corrected chi connectivity index (χ3v) is 6.08. The molecule has 0 heterocycles. The number of hydrogen-bond donors (Lipinski definition) is 6. The van der Waals surface area contributed by atoms with Crippen molar-refractivity contribution < 1.29 is 19.8 Å². The summed E-state index contributed by atoms with van der Waals surface area (Å²) in [6, 6.07) is 11.7. The Morgan fingerprint density at radius 1 is 1.08 bits per heavy atom. The molecule has 3 amide bonds. The van der Waals surface area contributed by atoms with Crippen LogP contribution in [0.2, 0.25) is 0 Å². The van der Waals surface area contributed by atoms with Crippen LogP contribution in [0.3, 0.4) is 0 Å². The molecule has 0 aromatic heterocycles. The summed E-state index contributed by atoms with van der Waals surface area (Å²) in [6.45, 7) is 12.0. The maximum absolute atomic E-state index is 12.4. The highest BCUT2D eigenvalue weighted by molar-refractivity contribution is 5.89. The number of nitrogens with two attached hydrogens (primary N) is 1. The summed E-state index contributed by atoms with van der Waals surface area (Å²) in [5.41, 5.74) is 7.52.